The van der Waals surface area contributed by atoms with Crippen molar-refractivity contribution < 1.29 is 23.1 Å². The highest BCUT2D eigenvalue weighted by Gasteiger charge is 2.51. The number of piperidine rings is 3. The van der Waals surface area contributed by atoms with Gasteiger partial charge >= 0.3 is 5.92 Å². The second-order valence-corrected chi connectivity index (χ2v) is 18.5. The molecular formula is C44H48ClF2N11O4. The molecule has 7 aliphatic rings. The van der Waals surface area contributed by atoms with Crippen molar-refractivity contribution in [2.45, 2.75) is 74.9 Å². The van der Waals surface area contributed by atoms with E-state index in [-0.39, 0.29) is 29.2 Å². The molecule has 3 aromatic heterocycles. The van der Waals surface area contributed by atoms with Crippen molar-refractivity contribution >= 4 is 74.0 Å². The van der Waals surface area contributed by atoms with Crippen molar-refractivity contribution in [3.8, 4) is 5.75 Å². The molecule has 1 aliphatic carbocycles. The van der Waals surface area contributed by atoms with E-state index in [1.54, 1.807) is 19.3 Å². The fraction of sp³-hybridized carbons (Fsp3) is 0.500. The zero-order valence-corrected chi connectivity index (χ0v) is 35.3. The van der Waals surface area contributed by atoms with Crippen LogP contribution in [0, 0.1) is 11.8 Å². The number of carbonyl (C=O) groups is 2. The first kappa shape index (κ1) is 39.3. The molecule has 12 rings (SSSR count). The average Bonchev–Trinajstić information content (AvgIpc) is 4.07. The molecular weight excluding hydrogens is 820 g/mol. The van der Waals surface area contributed by atoms with Gasteiger partial charge in [0.1, 0.15) is 5.02 Å². The highest BCUT2D eigenvalue weighted by atomic mass is 35.5. The largest absolute Gasteiger partial charge is 0.480 e. The molecule has 5 saturated heterocycles. The number of ether oxygens (including phenoxy) is 1. The molecule has 15 nitrogen and oxygen atoms in total. The Bertz CT molecular complexity index is 2700. The van der Waals surface area contributed by atoms with Crippen LogP contribution in [0.15, 0.2) is 47.4 Å². The van der Waals surface area contributed by atoms with E-state index in [2.05, 4.69) is 41.7 Å². The maximum Gasteiger partial charge on any atom is 0.301 e. The Morgan fingerprint density at radius 2 is 1.77 bits per heavy atom. The van der Waals surface area contributed by atoms with Gasteiger partial charge in [0.2, 0.25) is 23.5 Å². The number of benzene rings is 2. The molecule has 5 aromatic rings. The first-order valence-corrected chi connectivity index (χ1v) is 22.1. The second-order valence-electron chi connectivity index (χ2n) is 18.1. The number of alkyl halides is 2. The number of fused-ring (bicyclic) bond motifs is 6. The third-order valence-electron chi connectivity index (χ3n) is 14.1. The zero-order chi connectivity index (χ0) is 42.6. The van der Waals surface area contributed by atoms with Crippen LogP contribution in [0.25, 0.3) is 21.8 Å². The van der Waals surface area contributed by atoms with Crippen LogP contribution in [0.5, 0.6) is 5.75 Å². The Morgan fingerprint density at radius 3 is 2.53 bits per heavy atom. The minimum Gasteiger partial charge on any atom is -0.480 e. The quantitative estimate of drug-likeness (QED) is 0.168. The standard InChI is InChI=1S/C44H48ClF2N11O4/c1-54-32-10-8-25(16-30(32)36-38(42(54)61)62-22-44(46,47)39(51-36)24-6-7-24)49-40-31(45)18-48-43(52-40)57-20-26-17-27(21-57)58(26)19-23-12-14-56(15-13-23)33-5-3-4-28-35(53-55(2)37(28)33)29-9-11-34(59)50-41(29)60/h3-5,8,10,16,18,23-24,26-27,29,39,51H,6-7,9,11-15,17,19-22H2,1-2H3,(H,48,49,52)(H,50,59,60). The Hall–Kier alpha value is -5.55. The van der Waals surface area contributed by atoms with Gasteiger partial charge in [-0.2, -0.15) is 10.1 Å². The van der Waals surface area contributed by atoms with Crippen molar-refractivity contribution in [3.63, 3.8) is 0 Å². The fourth-order valence-corrected chi connectivity index (χ4v) is 10.8. The predicted molar refractivity (Wildman–Crippen MR) is 232 cm³/mol. The number of anilines is 5. The van der Waals surface area contributed by atoms with Crippen LogP contribution in [-0.2, 0) is 23.7 Å². The minimum absolute atomic E-state index is 0.104. The van der Waals surface area contributed by atoms with Gasteiger partial charge in [-0.25, -0.2) is 13.8 Å². The van der Waals surface area contributed by atoms with Crippen LogP contribution in [0.3, 0.4) is 0 Å². The van der Waals surface area contributed by atoms with E-state index < -0.39 is 30.0 Å². The summed E-state index contributed by atoms with van der Waals surface area (Å²) >= 11 is 6.67. The number of imide groups is 1. The summed E-state index contributed by atoms with van der Waals surface area (Å²) < 4.78 is 39.2. The summed E-state index contributed by atoms with van der Waals surface area (Å²) in [7, 11) is 3.54. The lowest BCUT2D eigenvalue weighted by atomic mass is 9.84. The summed E-state index contributed by atoms with van der Waals surface area (Å²) in [6, 6.07) is 11.3. The molecule has 0 radical (unpaired) electrons. The number of halogens is 3. The van der Waals surface area contributed by atoms with E-state index in [1.807, 2.05) is 36.0 Å². The third-order valence-corrected chi connectivity index (χ3v) is 14.4. The Kier molecular flexibility index (Phi) is 9.37. The summed E-state index contributed by atoms with van der Waals surface area (Å²) in [5.41, 5.74) is 3.90. The number of piperazine rings is 1. The smallest absolute Gasteiger partial charge is 0.301 e. The van der Waals surface area contributed by atoms with Gasteiger partial charge in [0, 0.05) is 81.8 Å². The van der Waals surface area contributed by atoms with Gasteiger partial charge in [0.15, 0.2) is 12.4 Å². The molecule has 324 valence electrons. The number of nitrogens with zero attached hydrogens (tertiary/aromatic N) is 8. The number of amides is 2. The molecule has 4 unspecified atom stereocenters. The van der Waals surface area contributed by atoms with E-state index in [0.29, 0.717) is 77.1 Å². The number of rotatable bonds is 8. The van der Waals surface area contributed by atoms with Gasteiger partial charge < -0.3 is 29.7 Å². The third kappa shape index (κ3) is 6.69. The Labute approximate surface area is 360 Å². The molecule has 0 spiro atoms. The second kappa shape index (κ2) is 14.8. The number of nitrogens with one attached hydrogen (secondary N) is 3. The lowest BCUT2D eigenvalue weighted by molar-refractivity contribution is -0.134. The maximum atomic E-state index is 15.2. The molecule has 9 heterocycles. The number of aromatic nitrogens is 5. The Balaban J connectivity index is 0.747. The Morgan fingerprint density at radius 1 is 0.984 bits per heavy atom. The van der Waals surface area contributed by atoms with Crippen LogP contribution >= 0.6 is 11.6 Å². The van der Waals surface area contributed by atoms with Crippen LogP contribution in [0.2, 0.25) is 5.02 Å². The van der Waals surface area contributed by atoms with Gasteiger partial charge in [0.05, 0.1) is 46.3 Å². The van der Waals surface area contributed by atoms with Crippen LogP contribution in [0.4, 0.5) is 37.6 Å². The van der Waals surface area contributed by atoms with E-state index >= 15 is 8.78 Å². The summed E-state index contributed by atoms with van der Waals surface area (Å²) in [6.07, 6.45) is 7.09. The molecule has 3 N–H and O–H groups in total. The molecule has 1 saturated carbocycles. The minimum atomic E-state index is -3.13. The van der Waals surface area contributed by atoms with E-state index in [4.69, 9.17) is 26.4 Å². The number of hydrogen-bond donors (Lipinski definition) is 3. The summed E-state index contributed by atoms with van der Waals surface area (Å²) in [6.45, 7) is 3.69. The van der Waals surface area contributed by atoms with Crippen LogP contribution < -0.4 is 36.0 Å². The summed E-state index contributed by atoms with van der Waals surface area (Å²) in [4.78, 5) is 54.6. The zero-order valence-electron chi connectivity index (χ0n) is 34.5. The van der Waals surface area contributed by atoms with Gasteiger partial charge in [0.25, 0.3) is 5.56 Å². The molecule has 6 fully saturated rings. The maximum absolute atomic E-state index is 15.2. The number of carbonyl (C=O) groups excluding carboxylic acids is 2. The first-order chi connectivity index (χ1) is 29.9. The van der Waals surface area contributed by atoms with Crippen molar-refractivity contribution in [3.05, 3.63) is 63.7 Å². The lowest BCUT2D eigenvalue weighted by Gasteiger charge is -2.57. The predicted octanol–water partition coefficient (Wildman–Crippen LogP) is 5.53. The fourth-order valence-electron chi connectivity index (χ4n) is 10.6. The number of pyridine rings is 1. The normalized spacial score (nSPS) is 25.2. The number of hydrogen-bond acceptors (Lipinski definition) is 12. The lowest BCUT2D eigenvalue weighted by Crippen LogP contribution is -2.69. The molecule has 2 bridgehead atoms. The van der Waals surface area contributed by atoms with E-state index in [1.165, 1.54) is 4.57 Å². The highest BCUT2D eigenvalue weighted by molar-refractivity contribution is 6.33. The van der Waals surface area contributed by atoms with E-state index in [0.717, 1.165) is 74.3 Å². The monoisotopic (exact) mass is 867 g/mol. The topological polar surface area (TPSA) is 155 Å². The molecule has 2 aromatic carbocycles. The van der Waals surface area contributed by atoms with Crippen molar-refractivity contribution in [2.75, 3.05) is 59.8 Å². The van der Waals surface area contributed by atoms with Gasteiger partial charge in [-0.05, 0) is 74.6 Å². The summed E-state index contributed by atoms with van der Waals surface area (Å²) in [5.74, 6) is -2.76. The van der Waals surface area contributed by atoms with Crippen molar-refractivity contribution in [1.82, 2.24) is 34.5 Å². The number of aryl methyl sites for hydroxylation is 2. The van der Waals surface area contributed by atoms with Gasteiger partial charge in [-0.3, -0.25) is 29.3 Å². The van der Waals surface area contributed by atoms with Gasteiger partial charge in [-0.1, -0.05) is 23.7 Å². The average molecular weight is 868 g/mol. The molecule has 62 heavy (non-hydrogen) atoms. The van der Waals surface area contributed by atoms with Crippen molar-refractivity contribution in [2.24, 2.45) is 25.9 Å². The molecule has 2 amide bonds. The first-order valence-electron chi connectivity index (χ1n) is 21.7. The van der Waals surface area contributed by atoms with Crippen LogP contribution in [0.1, 0.15) is 56.6 Å². The van der Waals surface area contributed by atoms with E-state index in [9.17, 15) is 14.4 Å². The van der Waals surface area contributed by atoms with Crippen molar-refractivity contribution in [1.29, 1.82) is 0 Å². The molecule has 18 heteroatoms. The molecule has 4 atom stereocenters. The number of para-hydroxylation sites is 1. The van der Waals surface area contributed by atoms with Crippen LogP contribution in [-0.4, -0.2) is 104 Å². The SMILES string of the molecule is Cn1nc(C2CCC(=O)NC2=O)c2cccc(N3CCC(CN4C5CC4CN(c4ncc(Cl)c(Nc6ccc7c(c6)c6c(c(=O)n7C)OCC(F)(F)C(C7CC7)N6)n4)C5)CC3)c21. The molecule has 6 aliphatic heterocycles. The highest BCUT2D eigenvalue weighted by Crippen LogP contribution is 2.46. The summed E-state index contributed by atoms with van der Waals surface area (Å²) in [5, 5.41) is 15.5. The van der Waals surface area contributed by atoms with Gasteiger partial charge in [-0.15, -0.1) is 0 Å².